The summed E-state index contributed by atoms with van der Waals surface area (Å²) in [5, 5.41) is 1.98. The summed E-state index contributed by atoms with van der Waals surface area (Å²) < 4.78 is 17.3. The Bertz CT molecular complexity index is 1050. The number of anilines is 1. The van der Waals surface area contributed by atoms with Gasteiger partial charge in [-0.3, -0.25) is 10.2 Å². The predicted octanol–water partition coefficient (Wildman–Crippen LogP) is 6.71. The van der Waals surface area contributed by atoms with Crippen LogP contribution < -0.4 is 24.5 Å². The van der Waals surface area contributed by atoms with Gasteiger partial charge in [-0.25, -0.2) is 5.01 Å². The summed E-state index contributed by atoms with van der Waals surface area (Å²) in [5.41, 5.74) is 7.60. The molecule has 1 amide bonds. The topological polar surface area (TPSA) is 63.3 Å². The molecule has 2 aromatic rings. The molecule has 0 saturated carbocycles. The normalized spacial score (nSPS) is 14.0. The molecule has 0 aromatic heterocycles. The second-order valence-electron chi connectivity index (χ2n) is 10.7. The molecule has 1 heterocycles. The highest BCUT2D eigenvalue weighted by Gasteiger charge is 2.19. The number of carbonyl (C=O) groups is 1. The van der Waals surface area contributed by atoms with Crippen LogP contribution in [-0.2, 0) is 4.79 Å². The Balaban J connectivity index is 1.47. The third-order valence-corrected chi connectivity index (χ3v) is 7.27. The van der Waals surface area contributed by atoms with Crippen molar-refractivity contribution in [2.24, 2.45) is 0 Å². The van der Waals surface area contributed by atoms with E-state index in [1.165, 1.54) is 55.3 Å². The first kappa shape index (κ1) is 31.3. The molecule has 7 heteroatoms. The molecule has 0 spiro atoms. The number of rotatable bonds is 16. The van der Waals surface area contributed by atoms with Gasteiger partial charge in [-0.05, 0) is 67.3 Å². The van der Waals surface area contributed by atoms with Crippen molar-refractivity contribution in [1.82, 2.24) is 10.4 Å². The lowest BCUT2D eigenvalue weighted by atomic mass is 10.1. The number of nitrogens with one attached hydrogen (secondary N) is 1. The first-order chi connectivity index (χ1) is 19.4. The number of benzene rings is 2. The van der Waals surface area contributed by atoms with Gasteiger partial charge in [0.2, 0.25) is 5.75 Å². The maximum atomic E-state index is 12.7. The van der Waals surface area contributed by atoms with Crippen LogP contribution in [0.4, 0.5) is 5.69 Å². The summed E-state index contributed by atoms with van der Waals surface area (Å²) in [7, 11) is 3.24. The number of unbranched alkanes of at least 4 members (excludes halogenated alkanes) is 7. The Morgan fingerprint density at radius 2 is 1.40 bits per heavy atom. The number of methoxy groups -OCH3 is 2. The first-order valence-electron chi connectivity index (χ1n) is 14.9. The summed E-state index contributed by atoms with van der Waals surface area (Å²) in [4.78, 5) is 15.0. The van der Waals surface area contributed by atoms with Crippen LogP contribution >= 0.6 is 0 Å². The third kappa shape index (κ3) is 10.1. The number of piperazine rings is 1. The Kier molecular flexibility index (Phi) is 13.2. The summed E-state index contributed by atoms with van der Waals surface area (Å²) in [6.45, 7) is 10.4. The van der Waals surface area contributed by atoms with Crippen LogP contribution in [0.3, 0.4) is 0 Å². The molecular weight excluding hydrogens is 502 g/mol. The van der Waals surface area contributed by atoms with E-state index in [0.29, 0.717) is 23.9 Å². The van der Waals surface area contributed by atoms with Gasteiger partial charge in [0.1, 0.15) is 0 Å². The molecule has 0 atom stereocenters. The number of ether oxygens (including phenoxy) is 3. The largest absolute Gasteiger partial charge is 0.493 e. The van der Waals surface area contributed by atoms with Crippen molar-refractivity contribution in [2.75, 3.05) is 51.9 Å². The van der Waals surface area contributed by atoms with Crippen molar-refractivity contribution < 1.29 is 19.0 Å². The van der Waals surface area contributed by atoms with Gasteiger partial charge in [0.25, 0.3) is 5.91 Å². The van der Waals surface area contributed by atoms with E-state index in [4.69, 9.17) is 14.2 Å². The summed E-state index contributed by atoms with van der Waals surface area (Å²) in [6.07, 6.45) is 13.3. The molecule has 1 saturated heterocycles. The molecular formula is C33H49N3O4. The third-order valence-electron chi connectivity index (χ3n) is 7.27. The number of hydrogen-bond donors (Lipinski definition) is 1. The molecule has 7 nitrogen and oxygen atoms in total. The minimum atomic E-state index is -0.159. The number of hydrogen-bond acceptors (Lipinski definition) is 6. The monoisotopic (exact) mass is 551 g/mol. The van der Waals surface area contributed by atoms with Crippen LogP contribution in [0.1, 0.15) is 75.0 Å². The van der Waals surface area contributed by atoms with Crippen LogP contribution in [0.5, 0.6) is 17.2 Å². The fourth-order valence-corrected chi connectivity index (χ4v) is 5.12. The lowest BCUT2D eigenvalue weighted by Crippen LogP contribution is -2.53. The van der Waals surface area contributed by atoms with E-state index in [9.17, 15) is 4.79 Å². The van der Waals surface area contributed by atoms with E-state index in [2.05, 4.69) is 49.3 Å². The van der Waals surface area contributed by atoms with E-state index < -0.39 is 0 Å². The van der Waals surface area contributed by atoms with E-state index in [0.717, 1.165) is 44.6 Å². The molecule has 2 aromatic carbocycles. The lowest BCUT2D eigenvalue weighted by molar-refractivity contribution is -0.121. The zero-order chi connectivity index (χ0) is 28.7. The van der Waals surface area contributed by atoms with Gasteiger partial charge in [0, 0.05) is 37.9 Å². The molecule has 40 heavy (non-hydrogen) atoms. The van der Waals surface area contributed by atoms with Gasteiger partial charge >= 0.3 is 0 Å². The van der Waals surface area contributed by atoms with E-state index >= 15 is 0 Å². The minimum Gasteiger partial charge on any atom is -0.493 e. The fraction of sp³-hybridized carbons (Fsp3) is 0.545. The second kappa shape index (κ2) is 16.8. The highest BCUT2D eigenvalue weighted by atomic mass is 16.5. The number of carbonyl (C=O) groups excluding carboxylic acids is 1. The Morgan fingerprint density at radius 3 is 1.98 bits per heavy atom. The molecule has 1 N–H and O–H groups in total. The summed E-state index contributed by atoms with van der Waals surface area (Å²) in [5.74, 6) is 1.65. The van der Waals surface area contributed by atoms with Crippen LogP contribution in [-0.4, -0.2) is 57.9 Å². The van der Waals surface area contributed by atoms with Crippen LogP contribution in [0.15, 0.2) is 36.4 Å². The lowest BCUT2D eigenvalue weighted by Gasteiger charge is -2.36. The molecule has 0 radical (unpaired) electrons. The zero-order valence-corrected chi connectivity index (χ0v) is 25.3. The fourth-order valence-electron chi connectivity index (χ4n) is 5.12. The smallest absolute Gasteiger partial charge is 0.258 e. The molecule has 1 fully saturated rings. The molecule has 0 unspecified atom stereocenters. The average Bonchev–Trinajstić information content (AvgIpc) is 2.95. The first-order valence-corrected chi connectivity index (χ1v) is 14.9. The van der Waals surface area contributed by atoms with E-state index in [-0.39, 0.29) is 5.91 Å². The average molecular weight is 552 g/mol. The van der Waals surface area contributed by atoms with Gasteiger partial charge in [-0.15, -0.1) is 0 Å². The Hall–Kier alpha value is -3.19. The predicted molar refractivity (Wildman–Crippen MR) is 165 cm³/mol. The van der Waals surface area contributed by atoms with Gasteiger partial charge in [-0.1, -0.05) is 57.9 Å². The summed E-state index contributed by atoms with van der Waals surface area (Å²) >= 11 is 0. The van der Waals surface area contributed by atoms with Crippen molar-refractivity contribution in [2.45, 2.75) is 72.1 Å². The summed E-state index contributed by atoms with van der Waals surface area (Å²) in [6, 6.07) is 10.4. The highest BCUT2D eigenvalue weighted by Crippen LogP contribution is 2.39. The van der Waals surface area contributed by atoms with Crippen molar-refractivity contribution in [3.8, 4) is 17.2 Å². The molecule has 220 valence electrons. The Labute approximate surface area is 241 Å². The minimum absolute atomic E-state index is 0.159. The number of amides is 1. The number of hydrazine groups is 1. The van der Waals surface area contributed by atoms with Crippen LogP contribution in [0.2, 0.25) is 0 Å². The maximum absolute atomic E-state index is 12.7. The zero-order valence-electron chi connectivity index (χ0n) is 25.3. The SMILES string of the molecule is CCCCCCCCCCOc1c(OC)cc(/C=C/C(=O)NN2CCN(c3cc(C)cc(C)c3)CC2)cc1OC. The van der Waals surface area contributed by atoms with Crippen LogP contribution in [0, 0.1) is 13.8 Å². The standard InChI is InChI=1S/C33H49N3O4/c1-6-7-8-9-10-11-12-13-20-40-33-30(38-4)24-28(25-31(33)39-5)14-15-32(37)34-36-18-16-35(17-19-36)29-22-26(2)21-27(3)23-29/h14-15,21-25H,6-13,16-20H2,1-5H3,(H,34,37)/b15-14+. The Morgan fingerprint density at radius 1 is 0.825 bits per heavy atom. The molecule has 0 bridgehead atoms. The maximum Gasteiger partial charge on any atom is 0.258 e. The van der Waals surface area contributed by atoms with Gasteiger partial charge < -0.3 is 19.1 Å². The quantitative estimate of drug-likeness (QED) is 0.185. The molecule has 0 aliphatic carbocycles. The number of aryl methyl sites for hydroxylation is 2. The highest BCUT2D eigenvalue weighted by molar-refractivity contribution is 5.91. The molecule has 1 aliphatic rings. The molecule has 3 rings (SSSR count). The van der Waals surface area contributed by atoms with Crippen LogP contribution in [0.25, 0.3) is 6.08 Å². The van der Waals surface area contributed by atoms with Crippen molar-refractivity contribution in [1.29, 1.82) is 0 Å². The van der Waals surface area contributed by atoms with Gasteiger partial charge in [0.15, 0.2) is 11.5 Å². The van der Waals surface area contributed by atoms with E-state index in [1.54, 1.807) is 26.4 Å². The van der Waals surface area contributed by atoms with Crippen molar-refractivity contribution >= 4 is 17.7 Å². The second-order valence-corrected chi connectivity index (χ2v) is 10.7. The van der Waals surface area contributed by atoms with Crippen molar-refractivity contribution in [3.63, 3.8) is 0 Å². The van der Waals surface area contributed by atoms with Gasteiger partial charge in [-0.2, -0.15) is 0 Å². The number of nitrogens with zero attached hydrogens (tertiary/aromatic N) is 2. The van der Waals surface area contributed by atoms with Crippen molar-refractivity contribution in [3.05, 3.63) is 53.1 Å². The van der Waals surface area contributed by atoms with E-state index in [1.807, 2.05) is 17.1 Å². The molecule has 1 aliphatic heterocycles. The van der Waals surface area contributed by atoms with Gasteiger partial charge in [0.05, 0.1) is 20.8 Å².